The van der Waals surface area contributed by atoms with Crippen LogP contribution in [0, 0.1) is 0 Å². The van der Waals surface area contributed by atoms with Gasteiger partial charge in [0.1, 0.15) is 6.33 Å². The monoisotopic (exact) mass is 504 g/mol. The molecule has 0 saturated carbocycles. The van der Waals surface area contributed by atoms with Crippen LogP contribution in [0.4, 0.5) is 29.0 Å². The molecule has 0 aliphatic carbocycles. The zero-order chi connectivity index (χ0) is 24.9. The largest absolute Gasteiger partial charge is 0.368 e. The van der Waals surface area contributed by atoms with E-state index in [1.807, 2.05) is 16.9 Å². The van der Waals surface area contributed by atoms with E-state index in [1.165, 1.54) is 24.5 Å². The highest BCUT2D eigenvalue weighted by atomic mass is 35.5. The van der Waals surface area contributed by atoms with Crippen molar-refractivity contribution < 1.29 is 4.79 Å². The quantitative estimate of drug-likeness (QED) is 0.391. The van der Waals surface area contributed by atoms with Crippen LogP contribution in [0.1, 0.15) is 12.5 Å². The van der Waals surface area contributed by atoms with Crippen LogP contribution in [0.3, 0.4) is 0 Å². The number of carbonyl (C=O) groups is 1. The number of nitrogens with one attached hydrogen (secondary N) is 2. The Kier molecular flexibility index (Phi) is 6.89. The molecular formula is C24H25ClN10O. The third-order valence-electron chi connectivity index (χ3n) is 5.79. The zero-order valence-electron chi connectivity index (χ0n) is 19.7. The highest BCUT2D eigenvalue weighted by Gasteiger charge is 2.21. The van der Waals surface area contributed by atoms with Crippen molar-refractivity contribution in [1.29, 1.82) is 0 Å². The Bertz CT molecular complexity index is 1340. The molecule has 0 unspecified atom stereocenters. The van der Waals surface area contributed by atoms with Crippen molar-refractivity contribution >= 4 is 46.5 Å². The number of nitrogens with zero attached hydrogens (tertiary/aromatic N) is 8. The Labute approximate surface area is 213 Å². The summed E-state index contributed by atoms with van der Waals surface area (Å²) in [6.45, 7) is 5.32. The van der Waals surface area contributed by atoms with Crippen molar-refractivity contribution in [2.24, 2.45) is 0 Å². The predicted octanol–water partition coefficient (Wildman–Crippen LogP) is 3.19. The number of halogens is 1. The number of piperazine rings is 1. The van der Waals surface area contributed by atoms with E-state index < -0.39 is 0 Å². The summed E-state index contributed by atoms with van der Waals surface area (Å²) in [7, 11) is 0. The van der Waals surface area contributed by atoms with E-state index in [0.29, 0.717) is 34.8 Å². The molecule has 184 valence electrons. The first kappa shape index (κ1) is 23.5. The van der Waals surface area contributed by atoms with E-state index in [2.05, 4.69) is 63.9 Å². The van der Waals surface area contributed by atoms with Crippen LogP contribution >= 0.6 is 11.6 Å². The van der Waals surface area contributed by atoms with Gasteiger partial charge in [0, 0.05) is 50.7 Å². The van der Waals surface area contributed by atoms with Crippen molar-refractivity contribution in [3.8, 4) is 0 Å². The minimum atomic E-state index is -0.198. The lowest BCUT2D eigenvalue weighted by Crippen LogP contribution is -2.47. The molecule has 11 nitrogen and oxygen atoms in total. The summed E-state index contributed by atoms with van der Waals surface area (Å²) in [5, 5.41) is 14.3. The lowest BCUT2D eigenvalue weighted by atomic mass is 10.1. The standard InChI is InChI=1S/C24H25ClN10O/c1-17(36)29-21-14-19(6-7-20(21)25)30-23-26-16-27-24(31-23)34-12-10-33(11-13-34)22-5-3-2-4-18(22)15-35-9-8-28-32-35/h2-9,14,16H,10-13,15H2,1H3,(H,29,36)(H,26,27,30,31). The summed E-state index contributed by atoms with van der Waals surface area (Å²) in [6.07, 6.45) is 5.05. The van der Waals surface area contributed by atoms with Crippen LogP contribution in [-0.2, 0) is 11.3 Å². The Morgan fingerprint density at radius 1 is 1.06 bits per heavy atom. The Hall–Kier alpha value is -4.25. The topological polar surface area (TPSA) is 117 Å². The molecule has 1 saturated heterocycles. The van der Waals surface area contributed by atoms with Crippen molar-refractivity contribution in [2.75, 3.05) is 46.6 Å². The second-order valence-electron chi connectivity index (χ2n) is 8.31. The molecular weight excluding hydrogens is 480 g/mol. The molecule has 5 rings (SSSR count). The molecule has 12 heteroatoms. The van der Waals surface area contributed by atoms with Crippen molar-refractivity contribution in [3.05, 3.63) is 71.8 Å². The van der Waals surface area contributed by atoms with E-state index in [9.17, 15) is 4.79 Å². The van der Waals surface area contributed by atoms with Gasteiger partial charge in [0.2, 0.25) is 17.8 Å². The number of hydrogen-bond donors (Lipinski definition) is 2. The van der Waals surface area contributed by atoms with Crippen LogP contribution < -0.4 is 20.4 Å². The second-order valence-corrected chi connectivity index (χ2v) is 8.72. The van der Waals surface area contributed by atoms with Crippen LogP contribution in [-0.4, -0.2) is 62.0 Å². The Morgan fingerprint density at radius 3 is 2.64 bits per heavy atom. The Balaban J connectivity index is 1.25. The first-order valence-electron chi connectivity index (χ1n) is 11.5. The lowest BCUT2D eigenvalue weighted by molar-refractivity contribution is -0.114. The van der Waals surface area contributed by atoms with Gasteiger partial charge < -0.3 is 20.4 Å². The summed E-state index contributed by atoms with van der Waals surface area (Å²) in [5.74, 6) is 0.826. The molecule has 0 spiro atoms. The molecule has 36 heavy (non-hydrogen) atoms. The van der Waals surface area contributed by atoms with Gasteiger partial charge in [-0.15, -0.1) is 5.10 Å². The summed E-state index contributed by atoms with van der Waals surface area (Å²) in [4.78, 5) is 29.2. The van der Waals surface area contributed by atoms with E-state index >= 15 is 0 Å². The molecule has 2 aromatic carbocycles. The van der Waals surface area contributed by atoms with Gasteiger partial charge in [0.15, 0.2) is 0 Å². The molecule has 1 amide bonds. The number of aromatic nitrogens is 6. The molecule has 1 fully saturated rings. The third-order valence-corrected chi connectivity index (χ3v) is 6.12. The van der Waals surface area contributed by atoms with Crippen LogP contribution in [0.15, 0.2) is 61.2 Å². The molecule has 4 aromatic rings. The van der Waals surface area contributed by atoms with Gasteiger partial charge in [-0.1, -0.05) is 35.0 Å². The first-order valence-corrected chi connectivity index (χ1v) is 11.9. The van der Waals surface area contributed by atoms with Gasteiger partial charge in [-0.3, -0.25) is 4.79 Å². The number of benzene rings is 2. The normalized spacial score (nSPS) is 13.5. The van der Waals surface area contributed by atoms with E-state index in [-0.39, 0.29) is 5.91 Å². The average molecular weight is 505 g/mol. The highest BCUT2D eigenvalue weighted by Crippen LogP contribution is 2.27. The zero-order valence-corrected chi connectivity index (χ0v) is 20.4. The number of hydrogen-bond acceptors (Lipinski definition) is 9. The molecule has 0 atom stereocenters. The number of anilines is 5. The summed E-state index contributed by atoms with van der Waals surface area (Å²) in [5.41, 5.74) is 3.62. The first-order chi connectivity index (χ1) is 17.5. The Morgan fingerprint density at radius 2 is 1.86 bits per heavy atom. The maximum atomic E-state index is 11.4. The van der Waals surface area contributed by atoms with Crippen molar-refractivity contribution in [1.82, 2.24) is 29.9 Å². The van der Waals surface area contributed by atoms with E-state index in [0.717, 1.165) is 26.2 Å². The van der Waals surface area contributed by atoms with Crippen molar-refractivity contribution in [3.63, 3.8) is 0 Å². The number of rotatable bonds is 7. The summed E-state index contributed by atoms with van der Waals surface area (Å²) >= 11 is 6.17. The molecule has 1 aliphatic heterocycles. The number of para-hydroxylation sites is 1. The molecule has 2 aromatic heterocycles. The second kappa shape index (κ2) is 10.6. The maximum absolute atomic E-state index is 11.4. The van der Waals surface area contributed by atoms with Gasteiger partial charge in [0.05, 0.1) is 23.5 Å². The smallest absolute Gasteiger partial charge is 0.231 e. The third kappa shape index (κ3) is 5.52. The summed E-state index contributed by atoms with van der Waals surface area (Å²) in [6, 6.07) is 13.6. The van der Waals surface area contributed by atoms with Gasteiger partial charge in [0.25, 0.3) is 0 Å². The van der Waals surface area contributed by atoms with E-state index in [4.69, 9.17) is 11.6 Å². The van der Waals surface area contributed by atoms with E-state index in [1.54, 1.807) is 24.4 Å². The van der Waals surface area contributed by atoms with Gasteiger partial charge in [-0.05, 0) is 29.8 Å². The predicted molar refractivity (Wildman–Crippen MR) is 139 cm³/mol. The fourth-order valence-corrected chi connectivity index (χ4v) is 4.27. The van der Waals surface area contributed by atoms with Crippen LogP contribution in [0.25, 0.3) is 0 Å². The fourth-order valence-electron chi connectivity index (χ4n) is 4.11. The minimum absolute atomic E-state index is 0.198. The lowest BCUT2D eigenvalue weighted by Gasteiger charge is -2.37. The molecule has 2 N–H and O–H groups in total. The molecule has 3 heterocycles. The average Bonchev–Trinajstić information content (AvgIpc) is 3.40. The number of carbonyl (C=O) groups excluding carboxylic acids is 1. The molecule has 0 radical (unpaired) electrons. The summed E-state index contributed by atoms with van der Waals surface area (Å²) < 4.78 is 1.83. The maximum Gasteiger partial charge on any atom is 0.231 e. The highest BCUT2D eigenvalue weighted by molar-refractivity contribution is 6.33. The number of amides is 1. The van der Waals surface area contributed by atoms with Gasteiger partial charge in [-0.25, -0.2) is 14.6 Å². The minimum Gasteiger partial charge on any atom is -0.368 e. The van der Waals surface area contributed by atoms with Crippen LogP contribution in [0.2, 0.25) is 5.02 Å². The molecule has 0 bridgehead atoms. The fraction of sp³-hybridized carbons (Fsp3) is 0.250. The SMILES string of the molecule is CC(=O)Nc1cc(Nc2ncnc(N3CCN(c4ccccc4Cn4ccnn4)CC3)n2)ccc1Cl. The van der Waals surface area contributed by atoms with Crippen LogP contribution in [0.5, 0.6) is 0 Å². The van der Waals surface area contributed by atoms with Gasteiger partial charge in [-0.2, -0.15) is 4.98 Å². The molecule has 1 aliphatic rings. The van der Waals surface area contributed by atoms with Crippen molar-refractivity contribution in [2.45, 2.75) is 13.5 Å². The van der Waals surface area contributed by atoms with Gasteiger partial charge >= 0.3 is 0 Å².